The predicted molar refractivity (Wildman–Crippen MR) is 61.2 cm³/mol. The third-order valence-corrected chi connectivity index (χ3v) is 2.64. The van der Waals surface area contributed by atoms with Gasteiger partial charge in [-0.1, -0.05) is 0 Å². The molecule has 0 spiro atoms. The van der Waals surface area contributed by atoms with E-state index in [1.165, 1.54) is 0 Å². The number of amides is 2. The van der Waals surface area contributed by atoms with E-state index in [2.05, 4.69) is 15.7 Å². The Balaban J connectivity index is 2.04. The Labute approximate surface area is 98.4 Å². The molecule has 1 aromatic rings. The molecule has 0 aromatic carbocycles. The summed E-state index contributed by atoms with van der Waals surface area (Å²) in [5.74, 6) is -0.390. The van der Waals surface area contributed by atoms with Gasteiger partial charge in [0.25, 0.3) is 5.91 Å². The lowest BCUT2D eigenvalue weighted by Crippen LogP contribution is -2.36. The minimum Gasteiger partial charge on any atom is -0.396 e. The second-order valence-corrected chi connectivity index (χ2v) is 3.97. The lowest BCUT2D eigenvalue weighted by molar-refractivity contribution is -0.119. The van der Waals surface area contributed by atoms with Crippen molar-refractivity contribution in [1.29, 1.82) is 0 Å². The number of nitrogen functional groups attached to an aromatic ring is 1. The van der Waals surface area contributed by atoms with Crippen LogP contribution in [0, 0.1) is 0 Å². The average molecular weight is 237 g/mol. The zero-order valence-electron chi connectivity index (χ0n) is 9.56. The summed E-state index contributed by atoms with van der Waals surface area (Å²) in [7, 11) is 0. The average Bonchev–Trinajstić information content (AvgIpc) is 2.85. The third kappa shape index (κ3) is 2.38. The monoisotopic (exact) mass is 237 g/mol. The van der Waals surface area contributed by atoms with Crippen LogP contribution in [-0.4, -0.2) is 34.2 Å². The summed E-state index contributed by atoms with van der Waals surface area (Å²) in [5.41, 5.74) is 6.26. The molecule has 17 heavy (non-hydrogen) atoms. The van der Waals surface area contributed by atoms with E-state index in [-0.39, 0.29) is 23.6 Å². The maximum Gasteiger partial charge on any atom is 0.274 e. The van der Waals surface area contributed by atoms with Gasteiger partial charge in [-0.15, -0.1) is 0 Å². The molecule has 7 heteroatoms. The van der Waals surface area contributed by atoms with Crippen LogP contribution in [0.5, 0.6) is 0 Å². The molecule has 1 aromatic heterocycles. The number of aryl methyl sites for hydroxylation is 1. The van der Waals surface area contributed by atoms with Crippen LogP contribution < -0.4 is 16.4 Å². The highest BCUT2D eigenvalue weighted by Gasteiger charge is 2.25. The Morgan fingerprint density at radius 3 is 3.06 bits per heavy atom. The van der Waals surface area contributed by atoms with Crippen molar-refractivity contribution in [1.82, 2.24) is 20.4 Å². The van der Waals surface area contributed by atoms with E-state index in [0.29, 0.717) is 25.2 Å². The molecular weight excluding hydrogens is 222 g/mol. The van der Waals surface area contributed by atoms with Crippen molar-refractivity contribution in [2.75, 3.05) is 12.3 Å². The summed E-state index contributed by atoms with van der Waals surface area (Å²) < 4.78 is 1.60. The number of aromatic nitrogens is 2. The van der Waals surface area contributed by atoms with Gasteiger partial charge in [-0.2, -0.15) is 5.10 Å². The molecule has 1 saturated heterocycles. The van der Waals surface area contributed by atoms with E-state index in [1.54, 1.807) is 10.9 Å². The quantitative estimate of drug-likeness (QED) is 0.634. The molecular formula is C10H15N5O2. The Kier molecular flexibility index (Phi) is 2.99. The van der Waals surface area contributed by atoms with E-state index in [0.717, 1.165) is 0 Å². The summed E-state index contributed by atoms with van der Waals surface area (Å²) in [5, 5.41) is 9.44. The van der Waals surface area contributed by atoms with Crippen molar-refractivity contribution < 1.29 is 9.59 Å². The number of carbonyl (C=O) groups is 2. The SMILES string of the molecule is CCn1cc(N)c(C(=O)NC2CNC(=O)C2)n1. The molecule has 92 valence electrons. The largest absolute Gasteiger partial charge is 0.396 e. The molecule has 7 nitrogen and oxygen atoms in total. The van der Waals surface area contributed by atoms with Crippen LogP contribution in [0.1, 0.15) is 23.8 Å². The molecule has 1 atom stereocenters. The second kappa shape index (κ2) is 4.44. The molecule has 0 radical (unpaired) electrons. The highest BCUT2D eigenvalue weighted by atomic mass is 16.2. The highest BCUT2D eigenvalue weighted by Crippen LogP contribution is 2.10. The molecule has 0 aliphatic carbocycles. The van der Waals surface area contributed by atoms with Crippen LogP contribution in [0.3, 0.4) is 0 Å². The maximum atomic E-state index is 11.9. The molecule has 1 aliphatic heterocycles. The first-order chi connectivity index (χ1) is 8.10. The van der Waals surface area contributed by atoms with Crippen LogP contribution in [0.25, 0.3) is 0 Å². The number of anilines is 1. The Bertz CT molecular complexity index is 454. The summed E-state index contributed by atoms with van der Waals surface area (Å²) >= 11 is 0. The molecule has 0 bridgehead atoms. The number of hydrogen-bond donors (Lipinski definition) is 3. The number of nitrogens with zero attached hydrogens (tertiary/aromatic N) is 2. The molecule has 2 amide bonds. The van der Waals surface area contributed by atoms with Gasteiger partial charge >= 0.3 is 0 Å². The molecule has 2 heterocycles. The van der Waals surface area contributed by atoms with Crippen molar-refractivity contribution in [3.8, 4) is 0 Å². The number of nitrogens with two attached hydrogens (primary N) is 1. The van der Waals surface area contributed by atoms with Gasteiger partial charge in [-0.05, 0) is 6.92 Å². The maximum absolute atomic E-state index is 11.9. The predicted octanol–water partition coefficient (Wildman–Crippen LogP) is -0.896. The van der Waals surface area contributed by atoms with Crippen LogP contribution in [0.2, 0.25) is 0 Å². The normalized spacial score (nSPS) is 19.1. The Morgan fingerprint density at radius 2 is 2.53 bits per heavy atom. The summed E-state index contributed by atoms with van der Waals surface area (Å²) in [4.78, 5) is 22.8. The summed E-state index contributed by atoms with van der Waals surface area (Å²) in [6.07, 6.45) is 1.92. The van der Waals surface area contributed by atoms with Crippen LogP contribution >= 0.6 is 0 Å². The first-order valence-corrected chi connectivity index (χ1v) is 5.50. The zero-order valence-corrected chi connectivity index (χ0v) is 9.56. The minimum atomic E-state index is -0.337. The van der Waals surface area contributed by atoms with E-state index >= 15 is 0 Å². The van der Waals surface area contributed by atoms with Gasteiger partial charge in [-0.25, -0.2) is 0 Å². The van der Waals surface area contributed by atoms with Crippen molar-refractivity contribution in [2.24, 2.45) is 0 Å². The Morgan fingerprint density at radius 1 is 1.76 bits per heavy atom. The van der Waals surface area contributed by atoms with Crippen molar-refractivity contribution in [2.45, 2.75) is 25.9 Å². The fourth-order valence-electron chi connectivity index (χ4n) is 1.74. The van der Waals surface area contributed by atoms with Gasteiger partial charge in [0.1, 0.15) is 0 Å². The van der Waals surface area contributed by atoms with Crippen LogP contribution in [0.4, 0.5) is 5.69 Å². The molecule has 0 saturated carbocycles. The fourth-order valence-corrected chi connectivity index (χ4v) is 1.74. The standard InChI is InChI=1S/C10H15N5O2/c1-2-15-5-7(11)9(14-15)10(17)13-6-3-8(16)12-4-6/h5-6H,2-4,11H2,1H3,(H,12,16)(H,13,17). The van der Waals surface area contributed by atoms with Gasteiger partial charge in [0.2, 0.25) is 5.91 Å². The number of carbonyl (C=O) groups excluding carboxylic acids is 2. The van der Waals surface area contributed by atoms with E-state index in [4.69, 9.17) is 5.73 Å². The number of hydrogen-bond acceptors (Lipinski definition) is 4. The van der Waals surface area contributed by atoms with E-state index in [1.807, 2.05) is 6.92 Å². The van der Waals surface area contributed by atoms with Crippen molar-refractivity contribution in [3.63, 3.8) is 0 Å². The van der Waals surface area contributed by atoms with Gasteiger partial charge in [0.05, 0.1) is 11.7 Å². The highest BCUT2D eigenvalue weighted by molar-refractivity contribution is 5.97. The molecule has 1 fully saturated rings. The zero-order chi connectivity index (χ0) is 12.4. The molecule has 2 rings (SSSR count). The van der Waals surface area contributed by atoms with Gasteiger partial charge in [0, 0.05) is 25.7 Å². The van der Waals surface area contributed by atoms with Crippen molar-refractivity contribution in [3.05, 3.63) is 11.9 Å². The summed E-state index contributed by atoms with van der Waals surface area (Å²) in [6.45, 7) is 3.02. The molecule has 1 unspecified atom stereocenters. The molecule has 4 N–H and O–H groups in total. The smallest absolute Gasteiger partial charge is 0.274 e. The van der Waals surface area contributed by atoms with E-state index in [9.17, 15) is 9.59 Å². The van der Waals surface area contributed by atoms with Crippen LogP contribution in [0.15, 0.2) is 6.20 Å². The van der Waals surface area contributed by atoms with Crippen molar-refractivity contribution >= 4 is 17.5 Å². The second-order valence-electron chi connectivity index (χ2n) is 3.97. The first-order valence-electron chi connectivity index (χ1n) is 5.50. The lowest BCUT2D eigenvalue weighted by atomic mass is 10.2. The van der Waals surface area contributed by atoms with E-state index < -0.39 is 0 Å². The molecule has 1 aliphatic rings. The van der Waals surface area contributed by atoms with Crippen LogP contribution in [-0.2, 0) is 11.3 Å². The number of rotatable bonds is 3. The summed E-state index contributed by atoms with van der Waals surface area (Å²) in [6, 6.07) is -0.179. The van der Waals surface area contributed by atoms with Gasteiger partial charge in [0.15, 0.2) is 5.69 Å². The lowest BCUT2D eigenvalue weighted by Gasteiger charge is -2.08. The Hall–Kier alpha value is -2.05. The fraction of sp³-hybridized carbons (Fsp3) is 0.500. The third-order valence-electron chi connectivity index (χ3n) is 2.64. The van der Waals surface area contributed by atoms with Gasteiger partial charge < -0.3 is 16.4 Å². The number of nitrogens with one attached hydrogen (secondary N) is 2. The minimum absolute atomic E-state index is 0.0534. The topological polar surface area (TPSA) is 102 Å². The first kappa shape index (κ1) is 11.4. The van der Waals surface area contributed by atoms with Gasteiger partial charge in [-0.3, -0.25) is 14.3 Å².